The highest BCUT2D eigenvalue weighted by Gasteiger charge is 2.29. The van der Waals surface area contributed by atoms with Crippen LogP contribution in [0, 0.1) is 5.92 Å². The molecule has 0 unspecified atom stereocenters. The Hall–Kier alpha value is -7.26. The molecule has 0 aromatic heterocycles. The Bertz CT molecular complexity index is 1220. The lowest BCUT2D eigenvalue weighted by atomic mass is 10.0. The van der Waals surface area contributed by atoms with Crippen molar-refractivity contribution in [3.63, 3.8) is 0 Å². The number of rotatable bonds is 8. The van der Waals surface area contributed by atoms with Crippen LogP contribution >= 0.6 is 0 Å². The summed E-state index contributed by atoms with van der Waals surface area (Å²) in [5.74, 6) is 0.345. The van der Waals surface area contributed by atoms with E-state index >= 15 is 0 Å². The Labute approximate surface area is 605 Å². The van der Waals surface area contributed by atoms with Crippen LogP contribution < -0.4 is 69.6 Å². The van der Waals surface area contributed by atoms with Crippen LogP contribution in [0.5, 0.6) is 0 Å². The van der Waals surface area contributed by atoms with E-state index in [4.69, 9.17) is 57.8 Å². The molecule has 0 saturated carbocycles. The monoisotopic (exact) mass is 1440 g/mol. The molecule has 1 aliphatic heterocycles. The first-order valence-corrected chi connectivity index (χ1v) is 30.7. The molecule has 0 radical (unpaired) electrons. The van der Waals surface area contributed by atoms with Crippen molar-refractivity contribution in [2.75, 3.05) is 76.5 Å². The maximum atomic E-state index is 12.8. The van der Waals surface area contributed by atoms with Gasteiger partial charge in [-0.2, -0.15) is 0 Å². The fourth-order valence-corrected chi connectivity index (χ4v) is 3.94. The topological polar surface area (TPSA) is 591 Å². The molecule has 1 saturated heterocycles. The minimum absolute atomic E-state index is 0. The van der Waals surface area contributed by atoms with Gasteiger partial charge in [-0.1, -0.05) is 192 Å². The summed E-state index contributed by atoms with van der Waals surface area (Å²) >= 11 is 0. The van der Waals surface area contributed by atoms with E-state index < -0.39 is 12.1 Å². The van der Waals surface area contributed by atoms with E-state index in [0.717, 1.165) is 50.3 Å². The molecule has 1 heterocycles. The van der Waals surface area contributed by atoms with Crippen molar-refractivity contribution in [2.24, 2.45) is 51.8 Å². The number of nitrogens with two attached hydrogens (primary N) is 8. The third-order valence-electron chi connectivity index (χ3n) is 7.00. The van der Waals surface area contributed by atoms with E-state index in [0.29, 0.717) is 6.42 Å². The van der Waals surface area contributed by atoms with Crippen LogP contribution in [0.3, 0.4) is 0 Å². The number of piperidine rings is 1. The first-order chi connectivity index (χ1) is 46.3. The van der Waals surface area contributed by atoms with Gasteiger partial charge < -0.3 is 137 Å². The number of aliphatic hydroxyl groups excluding tert-OH is 1. The molecule has 3 amide bonds. The SMILES string of the molecule is C=O.C=O.C=O.C=O.C=O.C=O.C=O.C=O.C=O.C=O.C=O.CC.CC.CC.CC.CC.CC.CC.CC(=O)N(C)[C@@H](Cc1ccccc1)C(=O)N[C@@H](C)C(=O)N1CCCCC1.CC(C)O.CCC(C)C.CCc1ccccc1.CN.CN.CN.CN.CN.CN.CN.CN.N.N.N. The molecule has 0 bridgehead atoms. The second-order valence-electron chi connectivity index (χ2n) is 11.7. The number of hydrogen-bond acceptors (Lipinski definition) is 26. The van der Waals surface area contributed by atoms with E-state index in [2.05, 4.69) is 103 Å². The molecule has 27 N–H and O–H groups in total. The summed E-state index contributed by atoms with van der Waals surface area (Å²) in [4.78, 5) is 128. The van der Waals surface area contributed by atoms with E-state index in [1.807, 2.05) is 213 Å². The Balaban J connectivity index is -0.0000000197. The number of carbonyl (C=O) groups is 14. The lowest BCUT2D eigenvalue weighted by molar-refractivity contribution is -0.140. The fourth-order valence-electron chi connectivity index (χ4n) is 3.94. The normalized spacial score (nSPS) is 7.35. The Morgan fingerprint density at radius 1 is 0.429 bits per heavy atom. The number of nitrogens with zero attached hydrogens (tertiary/aromatic N) is 2. The predicted octanol–water partition coefficient (Wildman–Crippen LogP) is 8.52. The highest BCUT2D eigenvalue weighted by Crippen LogP contribution is 2.12. The van der Waals surface area contributed by atoms with E-state index in [-0.39, 0.29) is 42.3 Å². The van der Waals surface area contributed by atoms with Crippen LogP contribution in [-0.2, 0) is 80.0 Å². The van der Waals surface area contributed by atoms with Crippen molar-refractivity contribution in [1.29, 1.82) is 0 Å². The summed E-state index contributed by atoms with van der Waals surface area (Å²) in [6, 6.07) is 18.8. The van der Waals surface area contributed by atoms with Crippen molar-refractivity contribution < 1.29 is 72.2 Å². The quantitative estimate of drug-likeness (QED) is 0.118. The van der Waals surface area contributed by atoms with Gasteiger partial charge in [-0.25, -0.2) is 0 Å². The van der Waals surface area contributed by atoms with Crippen LogP contribution in [-0.4, -0.2) is 202 Å². The fraction of sp³-hybridized carbons (Fsp3) is 0.623. The molecule has 2 aromatic rings. The largest absolute Gasteiger partial charge is 0.394 e. The van der Waals surface area contributed by atoms with Gasteiger partial charge in [-0.15, -0.1) is 0 Å². The average molecular weight is 1440 g/mol. The van der Waals surface area contributed by atoms with E-state index in [1.165, 1.54) is 80.2 Å². The summed E-state index contributed by atoms with van der Waals surface area (Å²) in [7, 11) is 13.6. The van der Waals surface area contributed by atoms with E-state index in [9.17, 15) is 14.4 Å². The zero-order valence-corrected chi connectivity index (χ0v) is 69.3. The van der Waals surface area contributed by atoms with Gasteiger partial charge in [0.1, 0.15) is 86.8 Å². The molecule has 29 heteroatoms. The molecule has 0 spiro atoms. The molecule has 0 aliphatic carbocycles. The molecule has 1 fully saturated rings. The second kappa shape index (κ2) is 353. The Morgan fingerprint density at radius 3 is 0.786 bits per heavy atom. The zero-order chi connectivity index (χ0) is 84.8. The number of nitrogens with one attached hydrogen (secondary N) is 1. The van der Waals surface area contributed by atoms with Gasteiger partial charge in [-0.3, -0.25) is 14.4 Å². The number of carbonyl (C=O) groups excluding carboxylic acids is 14. The molecule has 98 heavy (non-hydrogen) atoms. The maximum absolute atomic E-state index is 12.8. The summed E-state index contributed by atoms with van der Waals surface area (Å²) in [5, 5.41) is 10.9. The van der Waals surface area contributed by atoms with Crippen molar-refractivity contribution in [2.45, 2.75) is 209 Å². The Morgan fingerprint density at radius 2 is 0.622 bits per heavy atom. The van der Waals surface area contributed by atoms with Crippen molar-refractivity contribution in [1.82, 2.24) is 33.6 Å². The molecular formula is C69H172N14O15. The van der Waals surface area contributed by atoms with Crippen molar-refractivity contribution in [3.8, 4) is 0 Å². The van der Waals surface area contributed by atoms with Gasteiger partial charge in [0.2, 0.25) is 17.7 Å². The molecule has 608 valence electrons. The molecule has 1 aliphatic rings. The van der Waals surface area contributed by atoms with Crippen LogP contribution in [0.4, 0.5) is 0 Å². The number of aryl methyl sites for hydroxylation is 1. The van der Waals surface area contributed by atoms with E-state index in [1.54, 1.807) is 27.8 Å². The molecule has 2 aromatic carbocycles. The first-order valence-electron chi connectivity index (χ1n) is 30.7. The Kier molecular flexibility index (Phi) is 714. The number of likely N-dealkylation sites (tertiary alicyclic amines) is 1. The summed E-state index contributed by atoms with van der Waals surface area (Å²) in [5.41, 5.74) is 38.4. The highest BCUT2D eigenvalue weighted by molar-refractivity contribution is 5.91. The lowest BCUT2D eigenvalue weighted by Crippen LogP contribution is -2.54. The van der Waals surface area contributed by atoms with Crippen molar-refractivity contribution in [3.05, 3.63) is 71.8 Å². The minimum atomic E-state index is -0.647. The zero-order valence-electron chi connectivity index (χ0n) is 69.3. The lowest BCUT2D eigenvalue weighted by Gasteiger charge is -2.31. The molecule has 29 nitrogen and oxygen atoms in total. The van der Waals surface area contributed by atoms with Gasteiger partial charge in [0.25, 0.3) is 0 Å². The van der Waals surface area contributed by atoms with Gasteiger partial charge in [0.15, 0.2) is 0 Å². The smallest absolute Gasteiger partial charge is 0.244 e. The van der Waals surface area contributed by atoms with Gasteiger partial charge in [-0.05, 0) is 120 Å². The standard InChI is InChI=1S/C20H29N3O3.C8H10.C5H12.C3H8O.7C2H6.8CH5N.11CH2O.3H3N/c1-15(20(26)23-12-8-5-9-13-23)21-19(25)18(22(3)16(2)24)14-17-10-6-4-7-11-17;1-2-8-6-4-3-5-7-8;1-4-5(2)3;1-3(2)4;26*1-2;;;/h4,6-7,10-11,15,18H,5,8-9,12-14H2,1-3H3,(H,21,25);3-7H,2H2,1H3;5H,4H2,1-3H3;3-4H,1-2H3;7*1-2H3;8*2H2,1H3;11*1H2;3*1H3/t15-,18-;;;;;;;;;;;;;;;;;;;;;;;;;;;;;;;;/m0................................/s1. The van der Waals surface area contributed by atoms with Gasteiger partial charge in [0, 0.05) is 39.6 Å². The minimum Gasteiger partial charge on any atom is -0.394 e. The average Bonchev–Trinajstić information content (AvgIpc) is 3.89. The van der Waals surface area contributed by atoms with Gasteiger partial charge in [0.05, 0.1) is 0 Å². The number of likely N-dealkylation sites (N-methyl/N-ethyl adjacent to an activating group) is 1. The maximum Gasteiger partial charge on any atom is 0.244 e. The molecule has 2 atom stereocenters. The first kappa shape index (κ1) is 198. The number of aliphatic hydroxyl groups is 1. The molecular weight excluding hydrogens is 1260 g/mol. The summed E-state index contributed by atoms with van der Waals surface area (Å²) in [6.45, 7) is 66.9. The molecule has 3 rings (SSSR count). The summed E-state index contributed by atoms with van der Waals surface area (Å²) in [6.07, 6.45) is 5.85. The predicted molar refractivity (Wildman–Crippen MR) is 432 cm³/mol. The number of amides is 3. The second-order valence-corrected chi connectivity index (χ2v) is 11.7. The third kappa shape index (κ3) is 288. The number of hydrogen-bond donors (Lipinski definition) is 13. The van der Waals surface area contributed by atoms with Crippen molar-refractivity contribution >= 4 is 92.4 Å². The van der Waals surface area contributed by atoms with Crippen LogP contribution in [0.15, 0.2) is 60.7 Å². The number of benzene rings is 2. The van der Waals surface area contributed by atoms with Crippen LogP contribution in [0.2, 0.25) is 0 Å². The highest BCUT2D eigenvalue weighted by atomic mass is 16.3. The third-order valence-corrected chi connectivity index (χ3v) is 7.00. The summed E-state index contributed by atoms with van der Waals surface area (Å²) < 4.78 is 0. The van der Waals surface area contributed by atoms with Crippen LogP contribution in [0.25, 0.3) is 0 Å². The van der Waals surface area contributed by atoms with Gasteiger partial charge >= 0.3 is 0 Å². The van der Waals surface area contributed by atoms with Crippen LogP contribution in [0.1, 0.15) is 189 Å².